The number of nitrogens with two attached hydrogens (primary N) is 1. The minimum atomic E-state index is -1.14. The van der Waals surface area contributed by atoms with E-state index in [1.54, 1.807) is 6.26 Å². The van der Waals surface area contributed by atoms with E-state index in [0.29, 0.717) is 9.90 Å². The lowest BCUT2D eigenvalue weighted by Gasteiger charge is -2.09. The average Bonchev–Trinajstić information content (AvgIpc) is 2.99. The predicted molar refractivity (Wildman–Crippen MR) is 112 cm³/mol. The third-order valence-electron chi connectivity index (χ3n) is 4.36. The molecule has 1 atom stereocenters. The highest BCUT2D eigenvalue weighted by atomic mass is 32.2. The van der Waals surface area contributed by atoms with Gasteiger partial charge in [0.05, 0.1) is 22.2 Å². The van der Waals surface area contributed by atoms with Crippen molar-refractivity contribution in [3.8, 4) is 22.4 Å². The molecule has 0 saturated heterocycles. The first kappa shape index (κ1) is 16.9. The van der Waals surface area contributed by atoms with Crippen molar-refractivity contribution in [3.05, 3.63) is 66.2 Å². The van der Waals surface area contributed by atoms with Gasteiger partial charge in [-0.05, 0) is 24.1 Å². The van der Waals surface area contributed by atoms with Crippen LogP contribution in [0, 0.1) is 6.92 Å². The van der Waals surface area contributed by atoms with Crippen LogP contribution < -0.4 is 5.73 Å². The van der Waals surface area contributed by atoms with Crippen LogP contribution in [0.4, 0.5) is 5.69 Å². The number of thiophene rings is 1. The Hall–Kier alpha value is -2.50. The largest absolute Gasteiger partial charge is 0.396 e. The van der Waals surface area contributed by atoms with Crippen molar-refractivity contribution in [2.24, 2.45) is 0 Å². The highest BCUT2D eigenvalue weighted by Gasteiger charge is 2.19. The summed E-state index contributed by atoms with van der Waals surface area (Å²) >= 11 is 1.42. The summed E-state index contributed by atoms with van der Waals surface area (Å²) in [5, 5.41) is 0.891. The summed E-state index contributed by atoms with van der Waals surface area (Å²) in [6, 6.07) is 20.5. The molecule has 2 N–H and O–H groups in total. The molecule has 130 valence electrons. The van der Waals surface area contributed by atoms with Crippen molar-refractivity contribution >= 4 is 38.0 Å². The van der Waals surface area contributed by atoms with Crippen molar-refractivity contribution in [2.45, 2.75) is 11.1 Å². The molecule has 0 fully saturated rings. The Labute approximate surface area is 159 Å². The molecular formula is C21H18N2OS2. The summed E-state index contributed by atoms with van der Waals surface area (Å²) in [6.07, 6.45) is 1.66. The molecule has 0 aliphatic heterocycles. The van der Waals surface area contributed by atoms with Gasteiger partial charge in [-0.25, -0.2) is 4.98 Å². The second-order valence-electron chi connectivity index (χ2n) is 6.22. The number of aromatic nitrogens is 1. The highest BCUT2D eigenvalue weighted by molar-refractivity contribution is 7.87. The Balaban J connectivity index is 2.04. The summed E-state index contributed by atoms with van der Waals surface area (Å²) in [5.74, 6) is 0. The van der Waals surface area contributed by atoms with E-state index in [1.165, 1.54) is 16.9 Å². The van der Waals surface area contributed by atoms with Crippen LogP contribution >= 0.6 is 11.3 Å². The first-order valence-electron chi connectivity index (χ1n) is 8.23. The van der Waals surface area contributed by atoms with Crippen molar-refractivity contribution in [1.29, 1.82) is 0 Å². The molecular weight excluding hydrogens is 360 g/mol. The van der Waals surface area contributed by atoms with Gasteiger partial charge in [-0.2, -0.15) is 0 Å². The summed E-state index contributed by atoms with van der Waals surface area (Å²) in [5.41, 5.74) is 12.2. The van der Waals surface area contributed by atoms with Crippen molar-refractivity contribution in [1.82, 2.24) is 4.98 Å². The lowest BCUT2D eigenvalue weighted by Crippen LogP contribution is -1.93. The number of nitrogens with zero attached hydrogens (tertiary/aromatic N) is 1. The highest BCUT2D eigenvalue weighted by Crippen LogP contribution is 2.42. The van der Waals surface area contributed by atoms with Crippen LogP contribution in [0.25, 0.3) is 32.6 Å². The molecule has 5 heteroatoms. The van der Waals surface area contributed by atoms with Gasteiger partial charge in [0.25, 0.3) is 0 Å². The number of rotatable bonds is 3. The van der Waals surface area contributed by atoms with Crippen molar-refractivity contribution in [3.63, 3.8) is 0 Å². The molecule has 4 rings (SSSR count). The molecule has 3 nitrogen and oxygen atoms in total. The topological polar surface area (TPSA) is 56.0 Å². The number of anilines is 1. The molecule has 26 heavy (non-hydrogen) atoms. The van der Waals surface area contributed by atoms with E-state index in [0.717, 1.165) is 32.6 Å². The van der Waals surface area contributed by atoms with Gasteiger partial charge in [0.15, 0.2) is 0 Å². The SMILES string of the molecule is Cc1ccc(-c2cc(-c3ccccc3)c3c(N)c(S(C)=O)sc3n2)cc1. The summed E-state index contributed by atoms with van der Waals surface area (Å²) in [7, 11) is -1.14. The Kier molecular flexibility index (Phi) is 4.34. The fourth-order valence-corrected chi connectivity index (χ4v) is 5.00. The van der Waals surface area contributed by atoms with Crippen LogP contribution in [0.15, 0.2) is 64.9 Å². The zero-order chi connectivity index (χ0) is 18.3. The molecule has 2 heterocycles. The van der Waals surface area contributed by atoms with Gasteiger partial charge in [0, 0.05) is 17.2 Å². The second kappa shape index (κ2) is 6.67. The van der Waals surface area contributed by atoms with Crippen LogP contribution in [0.2, 0.25) is 0 Å². The fraction of sp³-hybridized carbons (Fsp3) is 0.0952. The lowest BCUT2D eigenvalue weighted by molar-refractivity contribution is 0.688. The maximum atomic E-state index is 12.1. The molecule has 0 spiro atoms. The smallest absolute Gasteiger partial charge is 0.127 e. The van der Waals surface area contributed by atoms with E-state index >= 15 is 0 Å². The zero-order valence-corrected chi connectivity index (χ0v) is 16.2. The van der Waals surface area contributed by atoms with Crippen LogP contribution in [0.1, 0.15) is 5.56 Å². The quantitative estimate of drug-likeness (QED) is 0.529. The van der Waals surface area contributed by atoms with E-state index < -0.39 is 10.8 Å². The molecule has 2 aromatic carbocycles. The first-order valence-corrected chi connectivity index (χ1v) is 10.6. The molecule has 0 aliphatic carbocycles. The van der Waals surface area contributed by atoms with Gasteiger partial charge in [-0.1, -0.05) is 60.2 Å². The standard InChI is InChI=1S/C21H18N2OS2/c1-13-8-10-15(11-9-13)17-12-16(14-6-4-3-5-7-14)18-19(22)21(26(2)24)25-20(18)23-17/h3-12H,22H2,1-2H3. The summed E-state index contributed by atoms with van der Waals surface area (Å²) in [6.45, 7) is 2.07. The second-order valence-corrected chi connectivity index (χ2v) is 8.80. The molecule has 0 saturated carbocycles. The van der Waals surface area contributed by atoms with Gasteiger partial charge in [0.2, 0.25) is 0 Å². The van der Waals surface area contributed by atoms with E-state index in [-0.39, 0.29) is 0 Å². The Morgan fingerprint density at radius 1 is 1.00 bits per heavy atom. The predicted octanol–water partition coefficient (Wildman–Crippen LogP) is 5.26. The monoisotopic (exact) mass is 378 g/mol. The normalized spacial score (nSPS) is 12.4. The van der Waals surface area contributed by atoms with E-state index in [1.807, 2.05) is 18.2 Å². The van der Waals surface area contributed by atoms with Crippen LogP contribution in [0.5, 0.6) is 0 Å². The van der Waals surface area contributed by atoms with Gasteiger partial charge in [-0.3, -0.25) is 4.21 Å². The van der Waals surface area contributed by atoms with E-state index in [2.05, 4.69) is 49.4 Å². The number of hydrogen-bond donors (Lipinski definition) is 1. The van der Waals surface area contributed by atoms with E-state index in [9.17, 15) is 4.21 Å². The van der Waals surface area contributed by atoms with Crippen LogP contribution in [-0.4, -0.2) is 15.4 Å². The third-order valence-corrected chi connectivity index (χ3v) is 6.95. The molecule has 4 aromatic rings. The first-order chi connectivity index (χ1) is 12.5. The van der Waals surface area contributed by atoms with Gasteiger partial charge >= 0.3 is 0 Å². The summed E-state index contributed by atoms with van der Waals surface area (Å²) in [4.78, 5) is 5.65. The van der Waals surface area contributed by atoms with Crippen molar-refractivity contribution in [2.75, 3.05) is 12.0 Å². The number of fused-ring (bicyclic) bond motifs is 1. The third kappa shape index (κ3) is 2.93. The number of nitrogen functional groups attached to an aromatic ring is 1. The Morgan fingerprint density at radius 2 is 1.69 bits per heavy atom. The van der Waals surface area contributed by atoms with Crippen LogP contribution in [0.3, 0.4) is 0 Å². The minimum Gasteiger partial charge on any atom is -0.396 e. The molecule has 0 amide bonds. The maximum absolute atomic E-state index is 12.1. The molecule has 0 radical (unpaired) electrons. The minimum absolute atomic E-state index is 0.577. The molecule has 0 aliphatic rings. The van der Waals surface area contributed by atoms with Crippen LogP contribution in [-0.2, 0) is 10.8 Å². The van der Waals surface area contributed by atoms with Crippen molar-refractivity contribution < 1.29 is 4.21 Å². The lowest BCUT2D eigenvalue weighted by atomic mass is 10.00. The number of pyridine rings is 1. The molecule has 2 aromatic heterocycles. The van der Waals surface area contributed by atoms with E-state index in [4.69, 9.17) is 10.7 Å². The molecule has 1 unspecified atom stereocenters. The number of benzene rings is 2. The molecule has 0 bridgehead atoms. The average molecular weight is 379 g/mol. The Morgan fingerprint density at radius 3 is 2.35 bits per heavy atom. The van der Waals surface area contributed by atoms with Gasteiger partial charge in [-0.15, -0.1) is 11.3 Å². The summed E-state index contributed by atoms with van der Waals surface area (Å²) < 4.78 is 12.8. The maximum Gasteiger partial charge on any atom is 0.127 e. The fourth-order valence-electron chi connectivity index (χ4n) is 3.03. The number of hydrogen-bond acceptors (Lipinski definition) is 4. The zero-order valence-electron chi connectivity index (χ0n) is 14.5. The van der Waals surface area contributed by atoms with Gasteiger partial charge < -0.3 is 5.73 Å². The Bertz CT molecular complexity index is 1120. The van der Waals surface area contributed by atoms with Gasteiger partial charge in [0.1, 0.15) is 9.04 Å². The number of aryl methyl sites for hydroxylation is 1.